The number of carboxylic acids is 1. The Hall–Kier alpha value is -1.23. The highest BCUT2D eigenvalue weighted by Crippen LogP contribution is 2.33. The summed E-state index contributed by atoms with van der Waals surface area (Å²) in [5.41, 5.74) is 0.122. The molecular weight excluding hydrogens is 276 g/mol. The summed E-state index contributed by atoms with van der Waals surface area (Å²) >= 11 is 3.26. The van der Waals surface area contributed by atoms with Gasteiger partial charge in [0.05, 0.1) is 17.7 Å². The van der Waals surface area contributed by atoms with Crippen LogP contribution in [0.3, 0.4) is 0 Å². The number of carbonyl (C=O) groups is 1. The highest BCUT2D eigenvalue weighted by molar-refractivity contribution is 9.10. The van der Waals surface area contributed by atoms with E-state index in [4.69, 9.17) is 14.6 Å². The van der Waals surface area contributed by atoms with E-state index >= 15 is 0 Å². The van der Waals surface area contributed by atoms with Gasteiger partial charge in [-0.05, 0) is 35.8 Å². The Labute approximate surface area is 102 Å². The van der Waals surface area contributed by atoms with Crippen molar-refractivity contribution in [3.8, 4) is 11.5 Å². The zero-order chi connectivity index (χ0) is 12.1. The molecule has 0 amide bonds. The zero-order valence-electron chi connectivity index (χ0n) is 9.12. The van der Waals surface area contributed by atoms with Crippen LogP contribution in [0.25, 0.3) is 0 Å². The van der Waals surface area contributed by atoms with Crippen LogP contribution < -0.4 is 9.47 Å². The van der Waals surface area contributed by atoms with E-state index in [9.17, 15) is 4.79 Å². The molecule has 0 aliphatic heterocycles. The molecule has 0 aromatic heterocycles. The van der Waals surface area contributed by atoms with E-state index in [0.29, 0.717) is 29.2 Å². The number of carboxylic acid groups (broad SMARTS) is 1. The second-order valence-corrected chi connectivity index (χ2v) is 3.80. The molecule has 0 spiro atoms. The predicted octanol–water partition coefficient (Wildman–Crippen LogP) is 2.94. The van der Waals surface area contributed by atoms with Gasteiger partial charge in [0.1, 0.15) is 17.1 Å². The SMILES string of the molecule is CCOc1cc(OCC)c(C(=O)O)cc1Br. The van der Waals surface area contributed by atoms with Gasteiger partial charge in [-0.15, -0.1) is 0 Å². The second kappa shape index (κ2) is 5.75. The Morgan fingerprint density at radius 3 is 2.31 bits per heavy atom. The molecule has 0 fully saturated rings. The monoisotopic (exact) mass is 288 g/mol. The maximum absolute atomic E-state index is 11.0. The van der Waals surface area contributed by atoms with Crippen LogP contribution in [0.5, 0.6) is 11.5 Å². The van der Waals surface area contributed by atoms with Gasteiger partial charge in [-0.1, -0.05) is 0 Å². The molecule has 0 aliphatic rings. The average Bonchev–Trinajstić information content (AvgIpc) is 2.23. The van der Waals surface area contributed by atoms with E-state index in [2.05, 4.69) is 15.9 Å². The normalized spacial score (nSPS) is 9.94. The van der Waals surface area contributed by atoms with Gasteiger partial charge in [0.15, 0.2) is 0 Å². The Balaban J connectivity index is 3.19. The van der Waals surface area contributed by atoms with Gasteiger partial charge in [-0.3, -0.25) is 0 Å². The van der Waals surface area contributed by atoms with Gasteiger partial charge in [-0.25, -0.2) is 4.79 Å². The fourth-order valence-electron chi connectivity index (χ4n) is 1.24. The molecule has 0 radical (unpaired) electrons. The summed E-state index contributed by atoms with van der Waals surface area (Å²) in [7, 11) is 0. The quantitative estimate of drug-likeness (QED) is 0.905. The van der Waals surface area contributed by atoms with E-state index in [1.165, 1.54) is 6.07 Å². The van der Waals surface area contributed by atoms with Gasteiger partial charge >= 0.3 is 5.97 Å². The number of hydrogen-bond acceptors (Lipinski definition) is 3. The zero-order valence-corrected chi connectivity index (χ0v) is 10.7. The molecule has 1 aromatic rings. The van der Waals surface area contributed by atoms with Crippen LogP contribution in [0.4, 0.5) is 0 Å². The number of aromatic carboxylic acids is 1. The lowest BCUT2D eigenvalue weighted by Crippen LogP contribution is -2.04. The number of halogens is 1. The number of rotatable bonds is 5. The molecule has 0 saturated carbocycles. The Morgan fingerprint density at radius 1 is 1.25 bits per heavy atom. The van der Waals surface area contributed by atoms with Crippen molar-refractivity contribution in [1.29, 1.82) is 0 Å². The van der Waals surface area contributed by atoms with Crippen LogP contribution in [-0.4, -0.2) is 24.3 Å². The van der Waals surface area contributed by atoms with Gasteiger partial charge in [0.2, 0.25) is 0 Å². The van der Waals surface area contributed by atoms with Gasteiger partial charge in [0.25, 0.3) is 0 Å². The van der Waals surface area contributed by atoms with Crippen molar-refractivity contribution in [1.82, 2.24) is 0 Å². The highest BCUT2D eigenvalue weighted by Gasteiger charge is 2.15. The molecule has 0 aliphatic carbocycles. The molecular formula is C11H13BrO4. The minimum Gasteiger partial charge on any atom is -0.493 e. The Bertz CT molecular complexity index is 390. The first kappa shape index (κ1) is 12.8. The largest absolute Gasteiger partial charge is 0.493 e. The lowest BCUT2D eigenvalue weighted by Gasteiger charge is -2.11. The second-order valence-electron chi connectivity index (χ2n) is 2.95. The first-order chi connectivity index (χ1) is 7.60. The molecule has 0 bridgehead atoms. The third kappa shape index (κ3) is 2.88. The number of benzene rings is 1. The summed E-state index contributed by atoms with van der Waals surface area (Å²) in [4.78, 5) is 11.0. The minimum atomic E-state index is -1.02. The summed E-state index contributed by atoms with van der Waals surface area (Å²) in [6, 6.07) is 3.07. The maximum Gasteiger partial charge on any atom is 0.339 e. The van der Waals surface area contributed by atoms with Crippen molar-refractivity contribution in [2.24, 2.45) is 0 Å². The van der Waals surface area contributed by atoms with Crippen LogP contribution >= 0.6 is 15.9 Å². The third-order valence-corrected chi connectivity index (χ3v) is 2.48. The summed E-state index contributed by atoms with van der Waals surface area (Å²) in [6.07, 6.45) is 0. The molecule has 5 heteroatoms. The molecule has 16 heavy (non-hydrogen) atoms. The van der Waals surface area contributed by atoms with Crippen molar-refractivity contribution in [2.75, 3.05) is 13.2 Å². The smallest absolute Gasteiger partial charge is 0.339 e. The molecule has 1 aromatic carbocycles. The van der Waals surface area contributed by atoms with Crippen molar-refractivity contribution in [2.45, 2.75) is 13.8 Å². The first-order valence-corrected chi connectivity index (χ1v) is 5.71. The van der Waals surface area contributed by atoms with Gasteiger partial charge in [-0.2, -0.15) is 0 Å². The molecule has 4 nitrogen and oxygen atoms in total. The standard InChI is InChI=1S/C11H13BrO4/c1-3-15-9-6-10(16-4-2)8(12)5-7(9)11(13)14/h5-6H,3-4H2,1-2H3,(H,13,14). The van der Waals surface area contributed by atoms with Crippen LogP contribution in [0.15, 0.2) is 16.6 Å². The van der Waals surface area contributed by atoms with Crippen LogP contribution in [0.2, 0.25) is 0 Å². The highest BCUT2D eigenvalue weighted by atomic mass is 79.9. The van der Waals surface area contributed by atoms with Gasteiger partial charge < -0.3 is 14.6 Å². The van der Waals surface area contributed by atoms with E-state index in [1.54, 1.807) is 13.0 Å². The maximum atomic E-state index is 11.0. The molecule has 1 N–H and O–H groups in total. The fourth-order valence-corrected chi connectivity index (χ4v) is 1.70. The molecule has 88 valence electrons. The van der Waals surface area contributed by atoms with Crippen LogP contribution in [0.1, 0.15) is 24.2 Å². The van der Waals surface area contributed by atoms with E-state index in [0.717, 1.165) is 0 Å². The summed E-state index contributed by atoms with van der Waals surface area (Å²) in [6.45, 7) is 4.58. The van der Waals surface area contributed by atoms with Crippen molar-refractivity contribution in [3.05, 3.63) is 22.2 Å². The summed E-state index contributed by atoms with van der Waals surface area (Å²) in [5, 5.41) is 9.00. The molecule has 0 unspecified atom stereocenters. The van der Waals surface area contributed by atoms with Gasteiger partial charge in [0, 0.05) is 6.07 Å². The van der Waals surface area contributed by atoms with E-state index < -0.39 is 5.97 Å². The number of ether oxygens (including phenoxy) is 2. The van der Waals surface area contributed by atoms with E-state index in [-0.39, 0.29) is 5.56 Å². The Morgan fingerprint density at radius 2 is 1.81 bits per heavy atom. The van der Waals surface area contributed by atoms with Crippen molar-refractivity contribution >= 4 is 21.9 Å². The Kier molecular flexibility index (Phi) is 4.61. The lowest BCUT2D eigenvalue weighted by molar-refractivity contribution is 0.0692. The van der Waals surface area contributed by atoms with E-state index in [1.807, 2.05) is 6.92 Å². The number of hydrogen-bond donors (Lipinski definition) is 1. The fraction of sp³-hybridized carbons (Fsp3) is 0.364. The van der Waals surface area contributed by atoms with Crippen molar-refractivity contribution < 1.29 is 19.4 Å². The molecule has 0 saturated heterocycles. The summed E-state index contributed by atoms with van der Waals surface area (Å²) in [5.74, 6) is -0.121. The topological polar surface area (TPSA) is 55.8 Å². The summed E-state index contributed by atoms with van der Waals surface area (Å²) < 4.78 is 11.2. The van der Waals surface area contributed by atoms with Crippen LogP contribution in [0, 0.1) is 0 Å². The first-order valence-electron chi connectivity index (χ1n) is 4.92. The van der Waals surface area contributed by atoms with Crippen molar-refractivity contribution in [3.63, 3.8) is 0 Å². The molecule has 0 heterocycles. The average molecular weight is 289 g/mol. The van der Waals surface area contributed by atoms with Crippen LogP contribution in [-0.2, 0) is 0 Å². The minimum absolute atomic E-state index is 0.122. The predicted molar refractivity (Wildman–Crippen MR) is 63.4 cm³/mol. The molecule has 1 rings (SSSR count). The lowest BCUT2D eigenvalue weighted by atomic mass is 10.2. The third-order valence-electron chi connectivity index (χ3n) is 1.86. The molecule has 0 atom stereocenters.